The molecule has 0 aromatic carbocycles. The summed E-state index contributed by atoms with van der Waals surface area (Å²) in [4.78, 5) is 4.16. The third-order valence-corrected chi connectivity index (χ3v) is 3.50. The van der Waals surface area contributed by atoms with Gasteiger partial charge in [0.1, 0.15) is 0 Å². The second-order valence-corrected chi connectivity index (χ2v) is 5.19. The lowest BCUT2D eigenvalue weighted by Crippen LogP contribution is -2.41. The van der Waals surface area contributed by atoms with Gasteiger partial charge in [0.25, 0.3) is 0 Å². The fourth-order valence-corrected chi connectivity index (χ4v) is 1.72. The smallest absolute Gasteiger partial charge is 0.481 e. The van der Waals surface area contributed by atoms with Crippen LogP contribution in [0.15, 0.2) is 18.3 Å². The normalized spacial score (nSPS) is 20.4. The second-order valence-electron chi connectivity index (χ2n) is 5.19. The lowest BCUT2D eigenvalue weighted by Gasteiger charge is -2.32. The minimum Gasteiger partial charge on any atom is -0.481 e. The molecule has 1 saturated heterocycles. The Balaban J connectivity index is 0.00000162. The van der Waals surface area contributed by atoms with E-state index in [2.05, 4.69) is 4.98 Å². The molecule has 0 atom stereocenters. The lowest BCUT2D eigenvalue weighted by molar-refractivity contribution is 0.00578. The van der Waals surface area contributed by atoms with Crippen LogP contribution >= 0.6 is 0 Å². The summed E-state index contributed by atoms with van der Waals surface area (Å²) < 4.78 is 17.1. The molecule has 0 saturated carbocycles. The number of aromatic nitrogens is 1. The lowest BCUT2D eigenvalue weighted by atomic mass is 9.80. The molecule has 0 bridgehead atoms. The number of methoxy groups -OCH3 is 1. The summed E-state index contributed by atoms with van der Waals surface area (Å²) in [6.45, 7) is 8.09. The minimum atomic E-state index is -0.427. The van der Waals surface area contributed by atoms with Crippen LogP contribution in [0.4, 0.5) is 0 Å². The summed E-state index contributed by atoms with van der Waals surface area (Å²) in [7, 11) is 1.17. The molecule has 0 aliphatic carbocycles. The van der Waals surface area contributed by atoms with Crippen molar-refractivity contribution in [2.24, 2.45) is 0 Å². The zero-order valence-electron chi connectivity index (χ0n) is 11.5. The molecule has 1 aliphatic rings. The predicted molar refractivity (Wildman–Crippen MR) is 70.1 cm³/mol. The molecule has 2 rings (SSSR count). The van der Waals surface area contributed by atoms with Gasteiger partial charge < -0.3 is 19.5 Å². The topological polar surface area (TPSA) is 72.1 Å². The summed E-state index contributed by atoms with van der Waals surface area (Å²) in [5.74, 6) is 0.547. The molecule has 100 valence electrons. The Bertz CT molecular complexity index is 406. The Hall–Kier alpha value is -1.11. The van der Waals surface area contributed by atoms with Crippen LogP contribution in [-0.4, -0.2) is 35.9 Å². The summed E-state index contributed by atoms with van der Waals surface area (Å²) in [5, 5.41) is 0. The van der Waals surface area contributed by atoms with E-state index in [-0.39, 0.29) is 16.7 Å². The van der Waals surface area contributed by atoms with E-state index in [0.717, 1.165) is 5.46 Å². The van der Waals surface area contributed by atoms with Gasteiger partial charge in [-0.3, -0.25) is 0 Å². The van der Waals surface area contributed by atoms with E-state index in [1.807, 2.05) is 39.8 Å². The first-order valence-electron chi connectivity index (χ1n) is 5.72. The first-order chi connectivity index (χ1) is 7.87. The predicted octanol–water partition coefficient (Wildman–Crippen LogP) is 0.565. The van der Waals surface area contributed by atoms with Gasteiger partial charge in [0.2, 0.25) is 5.88 Å². The van der Waals surface area contributed by atoms with E-state index in [4.69, 9.17) is 14.0 Å². The van der Waals surface area contributed by atoms with Crippen LogP contribution in [0, 0.1) is 0 Å². The van der Waals surface area contributed by atoms with Crippen molar-refractivity contribution in [1.29, 1.82) is 0 Å². The molecule has 5 nitrogen and oxygen atoms in total. The maximum Gasteiger partial charge on any atom is 0.500 e. The average molecular weight is 253 g/mol. The molecule has 1 fully saturated rings. The van der Waals surface area contributed by atoms with E-state index in [0.29, 0.717) is 5.88 Å². The zero-order valence-corrected chi connectivity index (χ0v) is 11.5. The van der Waals surface area contributed by atoms with Gasteiger partial charge in [-0.2, -0.15) is 0 Å². The summed E-state index contributed by atoms with van der Waals surface area (Å²) in [6.07, 6.45) is 1.69. The highest BCUT2D eigenvalue weighted by Crippen LogP contribution is 2.36. The number of hydrogen-bond acceptors (Lipinski definition) is 4. The highest BCUT2D eigenvalue weighted by molar-refractivity contribution is 6.63. The Morgan fingerprint density at radius 1 is 1.17 bits per heavy atom. The molecule has 0 spiro atoms. The third kappa shape index (κ3) is 2.36. The van der Waals surface area contributed by atoms with Gasteiger partial charge in [0.15, 0.2) is 0 Å². The molecule has 0 amide bonds. The second kappa shape index (κ2) is 4.88. The largest absolute Gasteiger partial charge is 0.500 e. The Labute approximate surface area is 108 Å². The molecular formula is C12H20BNO4. The standard InChI is InChI=1S/C12H18BNO3.H2O/c1-11(2)12(3,4)17-13(16-11)9-7-6-8-14-10(9)15-5;/h6-8H,1-5H3;1H2. The Kier molecular flexibility index (Phi) is 4.05. The number of ether oxygens (including phenoxy) is 1. The van der Waals surface area contributed by atoms with E-state index in [9.17, 15) is 0 Å². The molecule has 1 aromatic rings. The quantitative estimate of drug-likeness (QED) is 0.722. The highest BCUT2D eigenvalue weighted by atomic mass is 16.7. The number of hydrogen-bond donors (Lipinski definition) is 0. The van der Waals surface area contributed by atoms with Crippen molar-refractivity contribution in [2.45, 2.75) is 38.9 Å². The van der Waals surface area contributed by atoms with Crippen molar-refractivity contribution in [3.8, 4) is 5.88 Å². The van der Waals surface area contributed by atoms with Crippen molar-refractivity contribution < 1.29 is 19.5 Å². The molecule has 0 unspecified atom stereocenters. The molecule has 1 aliphatic heterocycles. The fourth-order valence-electron chi connectivity index (χ4n) is 1.72. The molecular weight excluding hydrogens is 233 g/mol. The van der Waals surface area contributed by atoms with Gasteiger partial charge in [-0.25, -0.2) is 4.98 Å². The number of pyridine rings is 1. The van der Waals surface area contributed by atoms with Crippen molar-refractivity contribution in [3.05, 3.63) is 18.3 Å². The molecule has 0 radical (unpaired) electrons. The van der Waals surface area contributed by atoms with E-state index >= 15 is 0 Å². The Morgan fingerprint density at radius 2 is 1.72 bits per heavy atom. The van der Waals surface area contributed by atoms with Crippen LogP contribution < -0.4 is 10.2 Å². The van der Waals surface area contributed by atoms with Crippen LogP contribution in [0.25, 0.3) is 0 Å². The molecule has 2 N–H and O–H groups in total. The first-order valence-corrected chi connectivity index (χ1v) is 5.72. The van der Waals surface area contributed by atoms with Crippen LogP contribution in [0.3, 0.4) is 0 Å². The first kappa shape index (κ1) is 15.0. The highest BCUT2D eigenvalue weighted by Gasteiger charge is 2.52. The van der Waals surface area contributed by atoms with Gasteiger partial charge in [-0.15, -0.1) is 0 Å². The minimum absolute atomic E-state index is 0. The molecule has 1 aromatic heterocycles. The number of nitrogens with zero attached hydrogens (tertiary/aromatic N) is 1. The molecule has 6 heteroatoms. The van der Waals surface area contributed by atoms with Crippen molar-refractivity contribution in [2.75, 3.05) is 7.11 Å². The fraction of sp³-hybridized carbons (Fsp3) is 0.583. The SMILES string of the molecule is COc1ncccc1B1OC(C)(C)C(C)(C)O1.O. The average Bonchev–Trinajstić information content (AvgIpc) is 2.48. The molecule has 2 heterocycles. The van der Waals surface area contributed by atoms with Crippen molar-refractivity contribution in [3.63, 3.8) is 0 Å². The summed E-state index contributed by atoms with van der Waals surface area (Å²) in [6, 6.07) is 3.76. The monoisotopic (exact) mass is 253 g/mol. The van der Waals surface area contributed by atoms with Gasteiger partial charge in [-0.1, -0.05) is 6.07 Å². The van der Waals surface area contributed by atoms with E-state index in [1.165, 1.54) is 0 Å². The zero-order chi connectivity index (χ0) is 12.7. The van der Waals surface area contributed by atoms with Gasteiger partial charge >= 0.3 is 7.12 Å². The van der Waals surface area contributed by atoms with Crippen LogP contribution in [0.2, 0.25) is 0 Å². The summed E-state index contributed by atoms with van der Waals surface area (Å²) >= 11 is 0. The number of rotatable bonds is 2. The maximum atomic E-state index is 5.95. The molecule has 18 heavy (non-hydrogen) atoms. The van der Waals surface area contributed by atoms with Crippen molar-refractivity contribution in [1.82, 2.24) is 4.98 Å². The van der Waals surface area contributed by atoms with Gasteiger partial charge in [-0.05, 0) is 33.8 Å². The third-order valence-electron chi connectivity index (χ3n) is 3.50. The van der Waals surface area contributed by atoms with Crippen molar-refractivity contribution >= 4 is 12.6 Å². The van der Waals surface area contributed by atoms with Gasteiger partial charge in [0.05, 0.1) is 18.3 Å². The van der Waals surface area contributed by atoms with Crippen LogP contribution in [0.1, 0.15) is 27.7 Å². The Morgan fingerprint density at radius 3 is 2.22 bits per heavy atom. The summed E-state index contributed by atoms with van der Waals surface area (Å²) in [5.41, 5.74) is 0.130. The van der Waals surface area contributed by atoms with E-state index < -0.39 is 7.12 Å². The van der Waals surface area contributed by atoms with Crippen LogP contribution in [-0.2, 0) is 9.31 Å². The maximum absolute atomic E-state index is 5.95. The van der Waals surface area contributed by atoms with Crippen LogP contribution in [0.5, 0.6) is 5.88 Å². The van der Waals surface area contributed by atoms with Gasteiger partial charge in [0, 0.05) is 11.7 Å². The van der Waals surface area contributed by atoms with E-state index in [1.54, 1.807) is 13.3 Å².